The molecule has 1 aliphatic carbocycles. The summed E-state index contributed by atoms with van der Waals surface area (Å²) in [4.78, 5) is 11.3. The van der Waals surface area contributed by atoms with Crippen molar-refractivity contribution >= 4 is 27.4 Å². The highest BCUT2D eigenvalue weighted by Crippen LogP contribution is 2.39. The first-order valence-corrected chi connectivity index (χ1v) is 8.36. The third-order valence-electron chi connectivity index (χ3n) is 4.15. The Morgan fingerprint density at radius 1 is 1.18 bits per heavy atom. The van der Waals surface area contributed by atoms with E-state index < -0.39 is 6.10 Å². The minimum atomic E-state index is -0.544. The monoisotopic (exact) mass is 311 g/mol. The van der Waals surface area contributed by atoms with Crippen molar-refractivity contribution in [3.05, 3.63) is 52.7 Å². The number of thiophene rings is 1. The Labute approximate surface area is 132 Å². The zero-order valence-electron chi connectivity index (χ0n) is 12.1. The van der Waals surface area contributed by atoms with Crippen LogP contribution < -0.4 is 5.32 Å². The van der Waals surface area contributed by atoms with E-state index in [9.17, 15) is 5.11 Å². The smallest absolute Gasteiger partial charge is 0.138 e. The minimum absolute atomic E-state index is 0.445. The summed E-state index contributed by atoms with van der Waals surface area (Å²) in [5.74, 6) is 0.847. The van der Waals surface area contributed by atoms with Crippen LogP contribution in [0.4, 0.5) is 5.82 Å². The summed E-state index contributed by atoms with van der Waals surface area (Å²) in [6.07, 6.45) is 4.54. The fraction of sp³-hybridized carbons (Fsp3) is 0.294. The molecule has 112 valence electrons. The van der Waals surface area contributed by atoms with Gasteiger partial charge >= 0.3 is 0 Å². The second-order valence-electron chi connectivity index (χ2n) is 5.57. The summed E-state index contributed by atoms with van der Waals surface area (Å²) in [6, 6.07) is 9.70. The van der Waals surface area contributed by atoms with Crippen LogP contribution in [0.3, 0.4) is 0 Å². The van der Waals surface area contributed by atoms with Gasteiger partial charge in [0.1, 0.15) is 17.0 Å². The van der Waals surface area contributed by atoms with Crippen LogP contribution >= 0.6 is 11.3 Å². The molecular weight excluding hydrogens is 294 g/mol. The first kappa shape index (κ1) is 13.7. The number of rotatable bonds is 4. The maximum Gasteiger partial charge on any atom is 0.138 e. The fourth-order valence-electron chi connectivity index (χ4n) is 3.05. The van der Waals surface area contributed by atoms with Gasteiger partial charge in [-0.05, 0) is 30.4 Å². The molecule has 5 heteroatoms. The number of aromatic nitrogens is 2. The number of anilines is 1. The maximum atomic E-state index is 10.3. The lowest BCUT2D eigenvalue weighted by Crippen LogP contribution is -2.13. The van der Waals surface area contributed by atoms with Crippen LogP contribution in [0.2, 0.25) is 0 Å². The van der Waals surface area contributed by atoms with Gasteiger partial charge in [0.2, 0.25) is 0 Å². The number of hydrogen-bond acceptors (Lipinski definition) is 5. The van der Waals surface area contributed by atoms with Crippen molar-refractivity contribution in [3.8, 4) is 0 Å². The predicted octanol–water partition coefficient (Wildman–Crippen LogP) is 3.33. The van der Waals surface area contributed by atoms with Crippen LogP contribution in [0.25, 0.3) is 10.2 Å². The lowest BCUT2D eigenvalue weighted by molar-refractivity contribution is 0.191. The van der Waals surface area contributed by atoms with Gasteiger partial charge in [-0.15, -0.1) is 11.3 Å². The molecule has 1 aliphatic rings. The van der Waals surface area contributed by atoms with E-state index in [2.05, 4.69) is 15.3 Å². The number of aliphatic hydroxyl groups excluding tert-OH is 1. The molecule has 1 atom stereocenters. The quantitative estimate of drug-likeness (QED) is 0.776. The summed E-state index contributed by atoms with van der Waals surface area (Å²) in [6.45, 7) is 0.445. The molecule has 2 heterocycles. The van der Waals surface area contributed by atoms with E-state index in [0.29, 0.717) is 6.54 Å². The molecule has 22 heavy (non-hydrogen) atoms. The molecule has 0 aliphatic heterocycles. The zero-order chi connectivity index (χ0) is 14.9. The molecular formula is C17H17N3OS. The maximum absolute atomic E-state index is 10.3. The first-order valence-electron chi connectivity index (χ1n) is 7.55. The Morgan fingerprint density at radius 2 is 2.05 bits per heavy atom. The van der Waals surface area contributed by atoms with Gasteiger partial charge < -0.3 is 10.4 Å². The molecule has 0 spiro atoms. The Hall–Kier alpha value is -1.98. The number of hydrogen-bond donors (Lipinski definition) is 2. The van der Waals surface area contributed by atoms with E-state index >= 15 is 0 Å². The van der Waals surface area contributed by atoms with Crippen molar-refractivity contribution in [2.45, 2.75) is 25.4 Å². The molecule has 0 unspecified atom stereocenters. The number of nitrogens with zero attached hydrogens (tertiary/aromatic N) is 2. The summed E-state index contributed by atoms with van der Waals surface area (Å²) in [5.41, 5.74) is 2.31. The fourth-order valence-corrected chi connectivity index (χ4v) is 4.28. The van der Waals surface area contributed by atoms with E-state index in [1.54, 1.807) is 17.7 Å². The summed E-state index contributed by atoms with van der Waals surface area (Å²) in [5, 5.41) is 14.8. The number of aliphatic hydroxyl groups is 1. The molecule has 3 aromatic rings. The number of aryl methyl sites for hydroxylation is 2. The topological polar surface area (TPSA) is 58.0 Å². The molecule has 0 saturated carbocycles. The summed E-state index contributed by atoms with van der Waals surface area (Å²) < 4.78 is 0. The molecule has 4 rings (SSSR count). The number of fused-ring (bicyclic) bond motifs is 3. The van der Waals surface area contributed by atoms with Gasteiger partial charge in [0.05, 0.1) is 11.5 Å². The summed E-state index contributed by atoms with van der Waals surface area (Å²) in [7, 11) is 0. The second kappa shape index (κ2) is 5.66. The highest BCUT2D eigenvalue weighted by atomic mass is 32.1. The zero-order valence-corrected chi connectivity index (χ0v) is 12.9. The minimum Gasteiger partial charge on any atom is -0.387 e. The van der Waals surface area contributed by atoms with Gasteiger partial charge in [-0.3, -0.25) is 0 Å². The predicted molar refractivity (Wildman–Crippen MR) is 89.3 cm³/mol. The van der Waals surface area contributed by atoms with Gasteiger partial charge in [0.15, 0.2) is 0 Å². The normalized spacial score (nSPS) is 15.0. The van der Waals surface area contributed by atoms with Gasteiger partial charge in [0, 0.05) is 11.4 Å². The van der Waals surface area contributed by atoms with E-state index in [-0.39, 0.29) is 0 Å². The average Bonchev–Trinajstić information content (AvgIpc) is 3.14. The van der Waals surface area contributed by atoms with Gasteiger partial charge in [-0.2, -0.15) is 0 Å². The van der Waals surface area contributed by atoms with Gasteiger partial charge in [0.25, 0.3) is 0 Å². The van der Waals surface area contributed by atoms with Crippen molar-refractivity contribution < 1.29 is 5.11 Å². The molecule has 0 amide bonds. The third kappa shape index (κ3) is 2.36. The van der Waals surface area contributed by atoms with E-state index in [1.807, 2.05) is 30.3 Å². The highest BCUT2D eigenvalue weighted by molar-refractivity contribution is 7.19. The standard InChI is InChI=1S/C17H17N3OS/c21-13(11-5-2-1-3-6-11)9-18-16-15-12-7-4-8-14(12)22-17(15)20-10-19-16/h1-3,5-6,10,13,21H,4,7-9H2,(H,18,19,20)/t13-/m1/s1. The first-order chi connectivity index (χ1) is 10.8. The number of benzene rings is 1. The molecule has 1 aromatic carbocycles. The largest absolute Gasteiger partial charge is 0.387 e. The Bertz CT molecular complexity index is 800. The van der Waals surface area contributed by atoms with Gasteiger partial charge in [-0.1, -0.05) is 30.3 Å². The van der Waals surface area contributed by atoms with Crippen molar-refractivity contribution in [2.24, 2.45) is 0 Å². The van der Waals surface area contributed by atoms with E-state index in [4.69, 9.17) is 0 Å². The SMILES string of the molecule is O[C@H](CNc1ncnc2sc3c(c12)CCC3)c1ccccc1. The van der Waals surface area contributed by atoms with Gasteiger partial charge in [-0.25, -0.2) is 9.97 Å². The highest BCUT2D eigenvalue weighted by Gasteiger charge is 2.21. The molecule has 2 N–H and O–H groups in total. The Balaban J connectivity index is 1.60. The van der Waals surface area contributed by atoms with Crippen molar-refractivity contribution in [3.63, 3.8) is 0 Å². The van der Waals surface area contributed by atoms with Crippen LogP contribution in [0.15, 0.2) is 36.7 Å². The van der Waals surface area contributed by atoms with Crippen molar-refractivity contribution in [1.29, 1.82) is 0 Å². The van der Waals surface area contributed by atoms with Crippen LogP contribution in [0.5, 0.6) is 0 Å². The van der Waals surface area contributed by atoms with Crippen molar-refractivity contribution in [1.82, 2.24) is 9.97 Å². The second-order valence-corrected chi connectivity index (χ2v) is 6.65. The number of nitrogens with one attached hydrogen (secondary N) is 1. The molecule has 0 radical (unpaired) electrons. The lowest BCUT2D eigenvalue weighted by Gasteiger charge is -2.13. The summed E-state index contributed by atoms with van der Waals surface area (Å²) >= 11 is 1.78. The van der Waals surface area contributed by atoms with Crippen LogP contribution in [-0.2, 0) is 12.8 Å². The molecule has 2 aromatic heterocycles. The molecule has 0 fully saturated rings. The van der Waals surface area contributed by atoms with E-state index in [0.717, 1.165) is 34.4 Å². The molecule has 0 saturated heterocycles. The van der Waals surface area contributed by atoms with Crippen LogP contribution in [-0.4, -0.2) is 21.6 Å². The van der Waals surface area contributed by atoms with E-state index in [1.165, 1.54) is 16.9 Å². The Morgan fingerprint density at radius 3 is 2.91 bits per heavy atom. The van der Waals surface area contributed by atoms with Crippen LogP contribution in [0, 0.1) is 0 Å². The molecule has 4 nitrogen and oxygen atoms in total. The van der Waals surface area contributed by atoms with Crippen molar-refractivity contribution in [2.75, 3.05) is 11.9 Å². The third-order valence-corrected chi connectivity index (χ3v) is 5.35. The Kier molecular flexibility index (Phi) is 3.52. The molecule has 0 bridgehead atoms. The lowest BCUT2D eigenvalue weighted by atomic mass is 10.1. The van der Waals surface area contributed by atoms with Crippen LogP contribution in [0.1, 0.15) is 28.5 Å². The average molecular weight is 311 g/mol.